The van der Waals surface area contributed by atoms with Gasteiger partial charge in [-0.1, -0.05) is 20.3 Å². The lowest BCUT2D eigenvalue weighted by molar-refractivity contribution is -0.373. The molecule has 3 bridgehead atoms. The fourth-order valence-corrected chi connectivity index (χ4v) is 6.19. The monoisotopic (exact) mass is 616 g/mol. The molecule has 2 N–H and O–H groups in total. The quantitative estimate of drug-likeness (QED) is 0.275. The molecule has 0 amide bonds. The Bertz CT molecular complexity index is 946. The van der Waals surface area contributed by atoms with Gasteiger partial charge in [-0.25, -0.2) is 0 Å². The van der Waals surface area contributed by atoms with Crippen LogP contribution in [0.1, 0.15) is 77.2 Å². The summed E-state index contributed by atoms with van der Waals surface area (Å²) in [6.07, 6.45) is 4.09. The van der Waals surface area contributed by atoms with E-state index in [1.54, 1.807) is 6.07 Å². The second-order valence-electron chi connectivity index (χ2n) is 10.9. The van der Waals surface area contributed by atoms with Gasteiger partial charge in [-0.05, 0) is 78.5 Å². The minimum absolute atomic E-state index is 0.0601. The number of aliphatic hydroxyl groups excluding tert-OH is 1. The van der Waals surface area contributed by atoms with Gasteiger partial charge in [0.25, 0.3) is 0 Å². The van der Waals surface area contributed by atoms with Crippen LogP contribution in [-0.4, -0.2) is 59.0 Å². The Kier molecular flexibility index (Phi) is 8.84. The van der Waals surface area contributed by atoms with Crippen molar-refractivity contribution in [2.45, 2.75) is 108 Å². The molecule has 3 saturated heterocycles. The molecule has 3 aliphatic rings. The third-order valence-electron chi connectivity index (χ3n) is 7.70. The predicted molar refractivity (Wildman–Crippen MR) is 139 cm³/mol. The Morgan fingerprint density at radius 3 is 2.58 bits per heavy atom. The number of halogens is 1. The van der Waals surface area contributed by atoms with Gasteiger partial charge in [0.15, 0.2) is 5.79 Å². The molecule has 36 heavy (non-hydrogen) atoms. The number of benzene rings is 1. The summed E-state index contributed by atoms with van der Waals surface area (Å²) in [7, 11) is 0. The summed E-state index contributed by atoms with van der Waals surface area (Å²) in [6.45, 7) is 3.79. The van der Waals surface area contributed by atoms with Gasteiger partial charge in [0.1, 0.15) is 18.0 Å². The zero-order valence-corrected chi connectivity index (χ0v) is 23.2. The van der Waals surface area contributed by atoms with Crippen molar-refractivity contribution >= 4 is 34.5 Å². The van der Waals surface area contributed by atoms with Crippen LogP contribution in [0.25, 0.3) is 0 Å². The van der Waals surface area contributed by atoms with Gasteiger partial charge in [-0.3, -0.25) is 9.59 Å². The molecule has 4 rings (SSSR count). The Balaban J connectivity index is 1.48. The molecule has 3 fully saturated rings. The smallest absolute Gasteiger partial charge is 0.309 e. The zero-order valence-electron chi connectivity index (χ0n) is 21.0. The number of hydrogen-bond donors (Lipinski definition) is 2. The van der Waals surface area contributed by atoms with E-state index in [1.807, 2.05) is 12.1 Å². The molecule has 3 aliphatic heterocycles. The van der Waals surface area contributed by atoms with Crippen LogP contribution in [0, 0.1) is 8.99 Å². The molecule has 9 heteroatoms. The van der Waals surface area contributed by atoms with E-state index in [4.69, 9.17) is 18.9 Å². The highest BCUT2D eigenvalue weighted by atomic mass is 127. The topological polar surface area (TPSA) is 112 Å². The number of aliphatic hydroxyl groups is 1. The van der Waals surface area contributed by atoms with Crippen molar-refractivity contribution in [2.75, 3.05) is 6.61 Å². The first-order valence-corrected chi connectivity index (χ1v) is 14.0. The Labute approximate surface area is 226 Å². The number of unbranched alkanes of at least 4 members (excludes halogenated alkanes) is 1. The molecular weight excluding hydrogens is 579 g/mol. The van der Waals surface area contributed by atoms with Crippen molar-refractivity contribution in [1.82, 2.24) is 0 Å². The van der Waals surface area contributed by atoms with Gasteiger partial charge in [-0.2, -0.15) is 0 Å². The molecular formula is C27H37IO8. The summed E-state index contributed by atoms with van der Waals surface area (Å²) in [6, 6.07) is 5.43. The standard InChI is InChI=1S/C27H37IO8/c1-26(2)10-9-20-13-24(31)34-22(16-29)14-25(32)33-21-12-19(35-27(26,15-21)36-20)6-4-3-5-17-11-18(30)7-8-23(17)28/h7-8,11,19-22,29-30H,3-6,9-10,12-16H2,1-2H3/t19-,20-,21-,22-,27+/m1/s1. The van der Waals surface area contributed by atoms with Crippen LogP contribution < -0.4 is 0 Å². The Hall–Kier alpha value is -1.43. The van der Waals surface area contributed by atoms with Crippen molar-refractivity contribution in [1.29, 1.82) is 0 Å². The number of rotatable bonds is 6. The lowest BCUT2D eigenvalue weighted by Crippen LogP contribution is -2.61. The number of carbonyl (C=O) groups is 2. The van der Waals surface area contributed by atoms with Crippen LogP contribution >= 0.6 is 22.6 Å². The lowest BCUT2D eigenvalue weighted by atomic mass is 9.71. The summed E-state index contributed by atoms with van der Waals surface area (Å²) < 4.78 is 25.5. The molecule has 0 radical (unpaired) electrons. The minimum atomic E-state index is -0.958. The Morgan fingerprint density at radius 1 is 1.03 bits per heavy atom. The van der Waals surface area contributed by atoms with Crippen LogP contribution in [-0.2, 0) is 35.0 Å². The van der Waals surface area contributed by atoms with Crippen LogP contribution in [0.2, 0.25) is 0 Å². The van der Waals surface area contributed by atoms with E-state index in [2.05, 4.69) is 36.4 Å². The minimum Gasteiger partial charge on any atom is -0.508 e. The van der Waals surface area contributed by atoms with Gasteiger partial charge in [0, 0.05) is 21.8 Å². The van der Waals surface area contributed by atoms with E-state index in [1.165, 1.54) is 0 Å². The maximum atomic E-state index is 12.7. The second-order valence-corrected chi connectivity index (χ2v) is 12.1. The molecule has 3 heterocycles. The number of phenolic OH excluding ortho intramolecular Hbond substituents is 1. The summed E-state index contributed by atoms with van der Waals surface area (Å²) in [5.41, 5.74) is 0.800. The first kappa shape index (κ1) is 27.6. The fourth-order valence-electron chi connectivity index (χ4n) is 5.59. The van der Waals surface area contributed by atoms with E-state index in [0.717, 1.165) is 41.2 Å². The molecule has 0 unspecified atom stereocenters. The number of cyclic esters (lactones) is 1. The molecule has 1 aromatic carbocycles. The fraction of sp³-hybridized carbons (Fsp3) is 0.704. The van der Waals surface area contributed by atoms with E-state index >= 15 is 0 Å². The third kappa shape index (κ3) is 6.52. The number of esters is 2. The molecule has 1 spiro atoms. The summed E-state index contributed by atoms with van der Waals surface area (Å²) in [5.74, 6) is -1.67. The average Bonchev–Trinajstić information content (AvgIpc) is 2.80. The highest BCUT2D eigenvalue weighted by molar-refractivity contribution is 14.1. The van der Waals surface area contributed by atoms with Crippen LogP contribution in [0.5, 0.6) is 5.75 Å². The molecule has 0 saturated carbocycles. The molecule has 1 aromatic rings. The van der Waals surface area contributed by atoms with Gasteiger partial charge in [0.2, 0.25) is 0 Å². The average molecular weight is 616 g/mol. The van der Waals surface area contributed by atoms with Crippen LogP contribution in [0.3, 0.4) is 0 Å². The highest BCUT2D eigenvalue weighted by Gasteiger charge is 2.57. The summed E-state index contributed by atoms with van der Waals surface area (Å²) in [5, 5.41) is 19.4. The molecule has 5 atom stereocenters. The van der Waals surface area contributed by atoms with Crippen molar-refractivity contribution in [3.8, 4) is 5.75 Å². The second kappa shape index (κ2) is 11.5. The SMILES string of the molecule is CC1(C)CC[C@@H]2CC(=O)O[C@@H](CO)CC(=O)O[C@@H]3C[C@@H](CCCCc4cc(O)ccc4I)O[C@@]1(C3)O2. The number of fused-ring (bicyclic) bond motifs is 2. The van der Waals surface area contributed by atoms with Gasteiger partial charge in [0.05, 0.1) is 31.7 Å². The normalized spacial score (nSPS) is 32.6. The summed E-state index contributed by atoms with van der Waals surface area (Å²) >= 11 is 2.29. The third-order valence-corrected chi connectivity index (χ3v) is 8.75. The van der Waals surface area contributed by atoms with E-state index in [0.29, 0.717) is 19.3 Å². The summed E-state index contributed by atoms with van der Waals surface area (Å²) in [4.78, 5) is 25.1. The molecule has 0 aliphatic carbocycles. The maximum Gasteiger partial charge on any atom is 0.309 e. The maximum absolute atomic E-state index is 12.7. The number of ether oxygens (including phenoxy) is 4. The first-order chi connectivity index (χ1) is 17.1. The number of aryl methyl sites for hydroxylation is 1. The van der Waals surface area contributed by atoms with Gasteiger partial charge in [-0.15, -0.1) is 0 Å². The van der Waals surface area contributed by atoms with Crippen molar-refractivity contribution in [2.24, 2.45) is 5.41 Å². The van der Waals surface area contributed by atoms with Crippen LogP contribution in [0.15, 0.2) is 18.2 Å². The highest BCUT2D eigenvalue weighted by Crippen LogP contribution is 2.52. The van der Waals surface area contributed by atoms with Gasteiger partial charge < -0.3 is 29.2 Å². The largest absolute Gasteiger partial charge is 0.508 e. The number of hydrogen-bond acceptors (Lipinski definition) is 8. The van der Waals surface area contributed by atoms with E-state index in [9.17, 15) is 19.8 Å². The van der Waals surface area contributed by atoms with Crippen molar-refractivity contribution < 1.29 is 38.7 Å². The number of carbonyl (C=O) groups excluding carboxylic acids is 2. The zero-order chi connectivity index (χ0) is 25.9. The van der Waals surface area contributed by atoms with E-state index in [-0.39, 0.29) is 42.3 Å². The van der Waals surface area contributed by atoms with Gasteiger partial charge >= 0.3 is 11.9 Å². The van der Waals surface area contributed by atoms with Crippen molar-refractivity contribution in [3.05, 3.63) is 27.3 Å². The molecule has 200 valence electrons. The molecule has 0 aromatic heterocycles. The first-order valence-electron chi connectivity index (χ1n) is 12.9. The Morgan fingerprint density at radius 2 is 1.81 bits per heavy atom. The van der Waals surface area contributed by atoms with Crippen molar-refractivity contribution in [3.63, 3.8) is 0 Å². The number of aromatic hydroxyl groups is 1. The van der Waals surface area contributed by atoms with Crippen LogP contribution in [0.4, 0.5) is 0 Å². The van der Waals surface area contributed by atoms with E-state index < -0.39 is 30.4 Å². The number of phenols is 1. The molecule has 8 nitrogen and oxygen atoms in total. The lowest BCUT2D eigenvalue weighted by Gasteiger charge is -2.56. The predicted octanol–water partition coefficient (Wildman–Crippen LogP) is 4.40.